The molecule has 0 saturated heterocycles. The van der Waals surface area contributed by atoms with E-state index in [1.165, 1.54) is 0 Å². The smallest absolute Gasteiger partial charge is 0.146 e. The Morgan fingerprint density at radius 1 is 0.864 bits per heavy atom. The zero-order valence-corrected chi connectivity index (χ0v) is 13.3. The summed E-state index contributed by atoms with van der Waals surface area (Å²) in [6, 6.07) is 20.6. The third-order valence-electron chi connectivity index (χ3n) is 3.57. The summed E-state index contributed by atoms with van der Waals surface area (Å²) >= 11 is 0. The third-order valence-corrected chi connectivity index (χ3v) is 3.57. The molecule has 22 heavy (non-hydrogen) atoms. The predicted molar refractivity (Wildman–Crippen MR) is 92.7 cm³/mol. The van der Waals surface area contributed by atoms with Crippen LogP contribution in [0.3, 0.4) is 0 Å². The van der Waals surface area contributed by atoms with Crippen LogP contribution in [0.25, 0.3) is 0 Å². The van der Waals surface area contributed by atoms with Crippen LogP contribution < -0.4 is 15.4 Å². The summed E-state index contributed by atoms with van der Waals surface area (Å²) in [5.74, 6) is 0.950. The molecule has 0 spiro atoms. The Labute approximate surface area is 132 Å². The fourth-order valence-corrected chi connectivity index (χ4v) is 2.28. The van der Waals surface area contributed by atoms with Crippen molar-refractivity contribution < 1.29 is 0 Å². The van der Waals surface area contributed by atoms with Crippen LogP contribution in [0, 0.1) is 5.41 Å². The Morgan fingerprint density at radius 3 is 1.95 bits per heavy atom. The summed E-state index contributed by atoms with van der Waals surface area (Å²) in [5.41, 5.74) is 5.61. The first-order valence-corrected chi connectivity index (χ1v) is 7.55. The van der Waals surface area contributed by atoms with Gasteiger partial charge in [0, 0.05) is 5.41 Å². The van der Waals surface area contributed by atoms with Crippen molar-refractivity contribution >= 4 is 17.2 Å². The van der Waals surface area contributed by atoms with Crippen LogP contribution in [0.5, 0.6) is 0 Å². The van der Waals surface area contributed by atoms with Crippen molar-refractivity contribution in [1.29, 1.82) is 0 Å². The van der Waals surface area contributed by atoms with E-state index < -0.39 is 0 Å². The predicted octanol–water partition coefficient (Wildman–Crippen LogP) is 3.83. The minimum atomic E-state index is -0.0551. The Hall–Kier alpha value is -2.49. The summed E-state index contributed by atoms with van der Waals surface area (Å²) in [4.78, 5) is 0. The lowest BCUT2D eigenvalue weighted by Crippen LogP contribution is -2.56. The third kappa shape index (κ3) is 3.06. The van der Waals surface area contributed by atoms with Crippen LogP contribution in [0.4, 0.5) is 11.4 Å². The highest BCUT2D eigenvalue weighted by molar-refractivity contribution is 5.90. The first-order valence-electron chi connectivity index (χ1n) is 7.55. The minimum Gasteiger partial charge on any atom is -0.281 e. The zero-order valence-electron chi connectivity index (χ0n) is 13.3. The van der Waals surface area contributed by atoms with Gasteiger partial charge >= 0.3 is 0 Å². The minimum absolute atomic E-state index is 0.0551. The Kier molecular flexibility index (Phi) is 3.75. The molecule has 0 atom stereocenters. The molecule has 0 aromatic heterocycles. The molecule has 0 aliphatic carbocycles. The van der Waals surface area contributed by atoms with Crippen LogP contribution in [0.1, 0.15) is 20.8 Å². The second kappa shape index (κ2) is 5.72. The van der Waals surface area contributed by atoms with Gasteiger partial charge < -0.3 is 0 Å². The molecule has 4 heteroatoms. The maximum Gasteiger partial charge on any atom is 0.146 e. The molecule has 0 radical (unpaired) electrons. The van der Waals surface area contributed by atoms with Gasteiger partial charge in [0.15, 0.2) is 0 Å². The average Bonchev–Trinajstić information content (AvgIpc) is 2.55. The number of hydrogen-bond acceptors (Lipinski definition) is 4. The molecule has 3 rings (SSSR count). The van der Waals surface area contributed by atoms with Crippen LogP contribution in [-0.2, 0) is 0 Å². The summed E-state index contributed by atoms with van der Waals surface area (Å²) < 4.78 is 0. The Bertz CT molecular complexity index is 644. The van der Waals surface area contributed by atoms with Crippen molar-refractivity contribution in [2.75, 3.05) is 16.7 Å². The maximum atomic E-state index is 4.80. The van der Waals surface area contributed by atoms with E-state index in [1.54, 1.807) is 0 Å². The lowest BCUT2D eigenvalue weighted by Gasteiger charge is -2.39. The molecule has 1 aliphatic rings. The molecule has 1 N–H and O–H groups in total. The maximum absolute atomic E-state index is 4.80. The largest absolute Gasteiger partial charge is 0.281 e. The topological polar surface area (TPSA) is 30.9 Å². The van der Waals surface area contributed by atoms with Gasteiger partial charge in [-0.05, 0) is 24.3 Å². The van der Waals surface area contributed by atoms with E-state index in [0.29, 0.717) is 6.67 Å². The van der Waals surface area contributed by atoms with Gasteiger partial charge in [0.25, 0.3) is 0 Å². The van der Waals surface area contributed by atoms with E-state index in [2.05, 4.69) is 55.5 Å². The molecular formula is C18H22N4. The molecule has 0 saturated carbocycles. The molecule has 0 fully saturated rings. The number of amidine groups is 1. The second-order valence-electron chi connectivity index (χ2n) is 6.45. The Morgan fingerprint density at radius 2 is 1.41 bits per heavy atom. The van der Waals surface area contributed by atoms with Gasteiger partial charge in [-0.3, -0.25) is 10.4 Å². The lowest BCUT2D eigenvalue weighted by atomic mass is 9.95. The van der Waals surface area contributed by atoms with Gasteiger partial charge in [-0.2, -0.15) is 5.10 Å². The first-order chi connectivity index (χ1) is 10.5. The first kappa shape index (κ1) is 14.4. The number of hydrazine groups is 1. The number of benzene rings is 2. The van der Waals surface area contributed by atoms with E-state index >= 15 is 0 Å². The number of nitrogens with zero attached hydrogens (tertiary/aromatic N) is 3. The number of rotatable bonds is 2. The van der Waals surface area contributed by atoms with E-state index in [-0.39, 0.29) is 5.41 Å². The average molecular weight is 294 g/mol. The molecule has 0 bridgehead atoms. The molecule has 2 aromatic rings. The van der Waals surface area contributed by atoms with Gasteiger partial charge in [0.2, 0.25) is 0 Å². The molecule has 114 valence electrons. The van der Waals surface area contributed by atoms with Crippen LogP contribution in [0.2, 0.25) is 0 Å². The number of hydrogen-bond donors (Lipinski definition) is 1. The monoisotopic (exact) mass is 294 g/mol. The Balaban J connectivity index is 1.96. The van der Waals surface area contributed by atoms with E-state index in [0.717, 1.165) is 17.2 Å². The van der Waals surface area contributed by atoms with Crippen LogP contribution >= 0.6 is 0 Å². The number of para-hydroxylation sites is 2. The van der Waals surface area contributed by atoms with Crippen LogP contribution in [0.15, 0.2) is 65.8 Å². The lowest BCUT2D eigenvalue weighted by molar-refractivity contribution is 0.530. The normalized spacial score (nSPS) is 15.3. The standard InChI is InChI=1S/C18H22N4/c1-18(2,3)17-19-21(15-10-6-4-7-11-15)14-22(20-17)16-12-8-5-9-13-16/h4-13H,14H2,1-3H3,(H,19,20). The molecule has 0 unspecified atom stereocenters. The van der Waals surface area contributed by atoms with Crippen molar-refractivity contribution in [3.63, 3.8) is 0 Å². The van der Waals surface area contributed by atoms with Crippen molar-refractivity contribution in [3.05, 3.63) is 60.7 Å². The summed E-state index contributed by atoms with van der Waals surface area (Å²) in [6.07, 6.45) is 0. The summed E-state index contributed by atoms with van der Waals surface area (Å²) in [5, 5.41) is 8.95. The summed E-state index contributed by atoms with van der Waals surface area (Å²) in [7, 11) is 0. The number of anilines is 2. The zero-order chi connectivity index (χ0) is 15.6. The second-order valence-corrected chi connectivity index (χ2v) is 6.45. The van der Waals surface area contributed by atoms with Gasteiger partial charge in [-0.1, -0.05) is 57.2 Å². The molecule has 2 aromatic carbocycles. The number of nitrogens with one attached hydrogen (secondary N) is 1. The van der Waals surface area contributed by atoms with E-state index in [9.17, 15) is 0 Å². The van der Waals surface area contributed by atoms with Gasteiger partial charge in [-0.25, -0.2) is 5.01 Å². The molecule has 0 amide bonds. The van der Waals surface area contributed by atoms with Crippen molar-refractivity contribution in [2.45, 2.75) is 20.8 Å². The molecule has 1 heterocycles. The fraction of sp³-hybridized carbons (Fsp3) is 0.278. The van der Waals surface area contributed by atoms with Gasteiger partial charge in [0.05, 0.1) is 11.4 Å². The summed E-state index contributed by atoms with van der Waals surface area (Å²) in [6.45, 7) is 7.15. The van der Waals surface area contributed by atoms with Gasteiger partial charge in [-0.15, -0.1) is 0 Å². The molecular weight excluding hydrogens is 272 g/mol. The highest BCUT2D eigenvalue weighted by Gasteiger charge is 2.27. The van der Waals surface area contributed by atoms with E-state index in [4.69, 9.17) is 5.10 Å². The van der Waals surface area contributed by atoms with Crippen molar-refractivity contribution in [1.82, 2.24) is 5.43 Å². The van der Waals surface area contributed by atoms with Crippen molar-refractivity contribution in [3.8, 4) is 0 Å². The molecule has 1 aliphatic heterocycles. The highest BCUT2D eigenvalue weighted by Crippen LogP contribution is 2.24. The quantitative estimate of drug-likeness (QED) is 0.913. The SMILES string of the molecule is CC(C)(C)C1=NN(c2ccccc2)CN(c2ccccc2)N1. The number of hydrazone groups is 1. The van der Waals surface area contributed by atoms with Crippen molar-refractivity contribution in [2.24, 2.45) is 10.5 Å². The molecule has 4 nitrogen and oxygen atoms in total. The van der Waals surface area contributed by atoms with E-state index in [1.807, 2.05) is 41.4 Å². The fourth-order valence-electron chi connectivity index (χ4n) is 2.28. The highest BCUT2D eigenvalue weighted by atomic mass is 15.7. The van der Waals surface area contributed by atoms with Crippen LogP contribution in [-0.4, -0.2) is 12.5 Å². The van der Waals surface area contributed by atoms with Gasteiger partial charge in [0.1, 0.15) is 12.5 Å².